The molecule has 0 aliphatic heterocycles. The van der Waals surface area contributed by atoms with Gasteiger partial charge in [-0.3, -0.25) is 0 Å². The second kappa shape index (κ2) is 7.87. The van der Waals surface area contributed by atoms with Gasteiger partial charge in [0.1, 0.15) is 18.5 Å². The van der Waals surface area contributed by atoms with Crippen molar-refractivity contribution in [3.05, 3.63) is 35.9 Å². The van der Waals surface area contributed by atoms with Crippen LogP contribution in [-0.2, 0) is 30.5 Å². The number of nitrogens with two attached hydrogens (primary N) is 1. The molecule has 0 aromatic heterocycles. The van der Waals surface area contributed by atoms with Gasteiger partial charge in [-0.1, -0.05) is 30.3 Å². The van der Waals surface area contributed by atoms with Gasteiger partial charge in [0.25, 0.3) is 0 Å². The molecule has 126 valence electrons. The lowest BCUT2D eigenvalue weighted by molar-refractivity contribution is -0.172. The van der Waals surface area contributed by atoms with Gasteiger partial charge in [-0.25, -0.2) is 9.59 Å². The first-order valence-corrected chi connectivity index (χ1v) is 7.36. The van der Waals surface area contributed by atoms with Crippen molar-refractivity contribution in [2.45, 2.75) is 51.4 Å². The molecule has 0 amide bonds. The molecule has 1 aromatic carbocycles. The van der Waals surface area contributed by atoms with Crippen LogP contribution < -0.4 is 5.73 Å². The summed E-state index contributed by atoms with van der Waals surface area (Å²) >= 11 is 0. The third kappa shape index (κ3) is 5.83. The molecule has 2 N–H and O–H groups in total. The molecule has 0 saturated carbocycles. The highest BCUT2D eigenvalue weighted by atomic mass is 16.6. The van der Waals surface area contributed by atoms with E-state index in [-0.39, 0.29) is 19.4 Å². The van der Waals surface area contributed by atoms with Gasteiger partial charge < -0.3 is 20.0 Å². The molecule has 0 saturated heterocycles. The number of hydrogen-bond acceptors (Lipinski definition) is 6. The van der Waals surface area contributed by atoms with Crippen molar-refractivity contribution in [3.63, 3.8) is 0 Å². The summed E-state index contributed by atoms with van der Waals surface area (Å²) in [7, 11) is 0. The Morgan fingerprint density at radius 3 is 2.26 bits per heavy atom. The number of hydrogen-bond donors (Lipinski definition) is 1. The summed E-state index contributed by atoms with van der Waals surface area (Å²) in [6.45, 7) is 4.99. The molecule has 6 nitrogen and oxygen atoms in total. The number of esters is 2. The van der Waals surface area contributed by atoms with Crippen molar-refractivity contribution >= 4 is 18.2 Å². The zero-order chi connectivity index (χ0) is 17.5. The monoisotopic (exact) mass is 321 g/mol. The fraction of sp³-hybridized carbons (Fsp3) is 0.471. The van der Waals surface area contributed by atoms with Crippen molar-refractivity contribution < 1.29 is 23.9 Å². The average molecular weight is 321 g/mol. The fourth-order valence-corrected chi connectivity index (χ4v) is 1.80. The Labute approximate surface area is 135 Å². The first kappa shape index (κ1) is 18.8. The Balaban J connectivity index is 2.84. The molecule has 1 aromatic rings. The first-order valence-electron chi connectivity index (χ1n) is 7.36. The molecule has 1 unspecified atom stereocenters. The van der Waals surface area contributed by atoms with Crippen molar-refractivity contribution in [1.29, 1.82) is 0 Å². The van der Waals surface area contributed by atoms with Crippen LogP contribution >= 0.6 is 0 Å². The van der Waals surface area contributed by atoms with E-state index in [1.165, 1.54) is 0 Å². The molecule has 0 aliphatic rings. The summed E-state index contributed by atoms with van der Waals surface area (Å²) in [5.41, 5.74) is 3.90. The minimum Gasteiger partial charge on any atom is -0.459 e. The van der Waals surface area contributed by atoms with E-state index >= 15 is 0 Å². The van der Waals surface area contributed by atoms with Gasteiger partial charge in [0, 0.05) is 6.42 Å². The topological polar surface area (TPSA) is 95.7 Å². The zero-order valence-electron chi connectivity index (χ0n) is 13.7. The summed E-state index contributed by atoms with van der Waals surface area (Å²) in [6, 6.07) is 9.01. The lowest BCUT2D eigenvalue weighted by atomic mass is 9.94. The molecule has 1 atom stereocenters. The van der Waals surface area contributed by atoms with Crippen LogP contribution in [0.2, 0.25) is 0 Å². The van der Waals surface area contributed by atoms with Gasteiger partial charge in [-0.2, -0.15) is 0 Å². The molecule has 1 rings (SSSR count). The van der Waals surface area contributed by atoms with E-state index in [1.807, 2.05) is 6.07 Å². The van der Waals surface area contributed by atoms with Crippen LogP contribution in [0.3, 0.4) is 0 Å². The first-order chi connectivity index (χ1) is 10.7. The van der Waals surface area contributed by atoms with Crippen LogP contribution in [0, 0.1) is 0 Å². The van der Waals surface area contributed by atoms with Gasteiger partial charge in [0.05, 0.1) is 0 Å². The van der Waals surface area contributed by atoms with E-state index in [0.29, 0.717) is 6.29 Å². The van der Waals surface area contributed by atoms with Crippen LogP contribution in [0.1, 0.15) is 39.2 Å². The standard InChI is InChI=1S/C17H23NO5/c1-16(2,3)23-15(21)17(18,10-7-11-19)14(20)22-12-13-8-5-4-6-9-13/h4-6,8-9,11H,7,10,12,18H2,1-3H3. The van der Waals surface area contributed by atoms with Gasteiger partial charge in [0.15, 0.2) is 0 Å². The Bertz CT molecular complexity index is 550. The molecule has 6 heteroatoms. The Morgan fingerprint density at radius 1 is 1.13 bits per heavy atom. The predicted octanol–water partition coefficient (Wildman–Crippen LogP) is 1.75. The fourth-order valence-electron chi connectivity index (χ4n) is 1.80. The average Bonchev–Trinajstić information content (AvgIpc) is 2.49. The lowest BCUT2D eigenvalue weighted by Crippen LogP contribution is -2.57. The van der Waals surface area contributed by atoms with E-state index in [1.54, 1.807) is 45.0 Å². The largest absolute Gasteiger partial charge is 0.459 e. The molecular weight excluding hydrogens is 298 g/mol. The number of aldehydes is 1. The number of rotatable bonds is 7. The Morgan fingerprint density at radius 2 is 1.74 bits per heavy atom. The molecule has 0 bridgehead atoms. The third-order valence-electron chi connectivity index (χ3n) is 3.00. The van der Waals surface area contributed by atoms with E-state index < -0.39 is 23.1 Å². The van der Waals surface area contributed by atoms with E-state index in [2.05, 4.69) is 0 Å². The molecule has 0 aliphatic carbocycles. The number of benzene rings is 1. The quantitative estimate of drug-likeness (QED) is 0.467. The third-order valence-corrected chi connectivity index (χ3v) is 3.00. The number of carbonyl (C=O) groups excluding carboxylic acids is 3. The van der Waals surface area contributed by atoms with E-state index in [4.69, 9.17) is 15.2 Å². The summed E-state index contributed by atoms with van der Waals surface area (Å²) in [5, 5.41) is 0. The van der Waals surface area contributed by atoms with Gasteiger partial charge in [-0.05, 0) is 32.8 Å². The summed E-state index contributed by atoms with van der Waals surface area (Å²) in [4.78, 5) is 35.2. The summed E-state index contributed by atoms with van der Waals surface area (Å²) < 4.78 is 10.3. The van der Waals surface area contributed by atoms with Gasteiger partial charge in [-0.15, -0.1) is 0 Å². The van der Waals surface area contributed by atoms with Gasteiger partial charge >= 0.3 is 11.9 Å². The summed E-state index contributed by atoms with van der Waals surface area (Å²) in [5.74, 6) is -1.80. The SMILES string of the molecule is CC(C)(C)OC(=O)C(N)(CCC=O)C(=O)OCc1ccccc1. The smallest absolute Gasteiger partial charge is 0.338 e. The molecule has 0 heterocycles. The lowest BCUT2D eigenvalue weighted by Gasteiger charge is -2.29. The maximum atomic E-state index is 12.3. The number of ether oxygens (including phenoxy) is 2. The normalized spacial score (nSPS) is 13.7. The predicted molar refractivity (Wildman–Crippen MR) is 84.3 cm³/mol. The van der Waals surface area contributed by atoms with Crippen LogP contribution in [-0.4, -0.2) is 29.4 Å². The van der Waals surface area contributed by atoms with Gasteiger partial charge in [0.2, 0.25) is 5.54 Å². The maximum Gasteiger partial charge on any atom is 0.338 e. The van der Waals surface area contributed by atoms with Crippen LogP contribution in [0.25, 0.3) is 0 Å². The molecular formula is C17H23NO5. The van der Waals surface area contributed by atoms with Crippen molar-refractivity contribution in [2.24, 2.45) is 5.73 Å². The second-order valence-electron chi connectivity index (χ2n) is 6.24. The van der Waals surface area contributed by atoms with E-state index in [0.717, 1.165) is 5.56 Å². The molecule has 0 spiro atoms. The van der Waals surface area contributed by atoms with Crippen molar-refractivity contribution in [1.82, 2.24) is 0 Å². The van der Waals surface area contributed by atoms with Crippen LogP contribution in [0.5, 0.6) is 0 Å². The maximum absolute atomic E-state index is 12.3. The van der Waals surface area contributed by atoms with Crippen LogP contribution in [0.15, 0.2) is 30.3 Å². The molecule has 23 heavy (non-hydrogen) atoms. The Kier molecular flexibility index (Phi) is 6.45. The van der Waals surface area contributed by atoms with E-state index in [9.17, 15) is 14.4 Å². The highest BCUT2D eigenvalue weighted by molar-refractivity contribution is 6.05. The highest BCUT2D eigenvalue weighted by Gasteiger charge is 2.46. The van der Waals surface area contributed by atoms with Crippen LogP contribution in [0.4, 0.5) is 0 Å². The minimum absolute atomic E-state index is 0.0114. The second-order valence-corrected chi connectivity index (χ2v) is 6.24. The summed E-state index contributed by atoms with van der Waals surface area (Å²) in [6.07, 6.45) is 0.381. The van der Waals surface area contributed by atoms with Crippen molar-refractivity contribution in [2.75, 3.05) is 0 Å². The molecule has 0 fully saturated rings. The minimum atomic E-state index is -2.00. The van der Waals surface area contributed by atoms with Crippen molar-refractivity contribution in [3.8, 4) is 0 Å². The highest BCUT2D eigenvalue weighted by Crippen LogP contribution is 2.19. The Hall–Kier alpha value is -2.21. The number of carbonyl (C=O) groups is 3. The zero-order valence-corrected chi connectivity index (χ0v) is 13.7. The molecule has 0 radical (unpaired) electrons.